The minimum atomic E-state index is -4.37. The summed E-state index contributed by atoms with van der Waals surface area (Å²) in [5.74, 6) is -2.68. The molecule has 1 aromatic rings. The predicted octanol–water partition coefficient (Wildman–Crippen LogP) is 1.42. The molecule has 23 heavy (non-hydrogen) atoms. The molecule has 3 rings (SSSR count). The second-order valence-electron chi connectivity index (χ2n) is 5.17. The third kappa shape index (κ3) is 2.74. The molecular formula is C13H12F2N2O4S2. The van der Waals surface area contributed by atoms with Crippen LogP contribution in [0.15, 0.2) is 23.1 Å². The SMILES string of the molecule is O=C1CSC(=O)N1C1CCN(S(=O)(=O)c2c(F)cccc2F)C1. The monoisotopic (exact) mass is 362 g/mol. The van der Waals surface area contributed by atoms with Gasteiger partial charge in [0.2, 0.25) is 15.9 Å². The van der Waals surface area contributed by atoms with E-state index in [0.717, 1.165) is 39.2 Å². The van der Waals surface area contributed by atoms with Crippen molar-refractivity contribution in [3.05, 3.63) is 29.8 Å². The molecule has 1 unspecified atom stereocenters. The van der Waals surface area contributed by atoms with Gasteiger partial charge in [-0.05, 0) is 18.6 Å². The van der Waals surface area contributed by atoms with E-state index in [2.05, 4.69) is 0 Å². The van der Waals surface area contributed by atoms with Crippen LogP contribution in [0.4, 0.5) is 13.6 Å². The van der Waals surface area contributed by atoms with Crippen LogP contribution in [-0.4, -0.2) is 53.7 Å². The number of thioether (sulfide) groups is 1. The molecule has 0 bridgehead atoms. The first-order valence-corrected chi connectivity index (χ1v) is 9.18. The van der Waals surface area contributed by atoms with Crippen molar-refractivity contribution < 1.29 is 26.8 Å². The summed E-state index contributed by atoms with van der Waals surface area (Å²) in [5, 5.41) is -0.420. The van der Waals surface area contributed by atoms with Crippen molar-refractivity contribution in [2.45, 2.75) is 17.4 Å². The first-order valence-electron chi connectivity index (χ1n) is 6.75. The van der Waals surface area contributed by atoms with Gasteiger partial charge in [-0.3, -0.25) is 14.5 Å². The molecule has 1 atom stereocenters. The van der Waals surface area contributed by atoms with E-state index in [1.807, 2.05) is 0 Å². The highest BCUT2D eigenvalue weighted by molar-refractivity contribution is 8.14. The fourth-order valence-corrected chi connectivity index (χ4v) is 5.09. The Hall–Kier alpha value is -1.52. The second kappa shape index (κ2) is 5.84. The van der Waals surface area contributed by atoms with Gasteiger partial charge in [0.1, 0.15) is 11.6 Å². The minimum Gasteiger partial charge on any atom is -0.273 e. The van der Waals surface area contributed by atoms with Crippen LogP contribution < -0.4 is 0 Å². The summed E-state index contributed by atoms with van der Waals surface area (Å²) < 4.78 is 53.3. The van der Waals surface area contributed by atoms with Gasteiger partial charge in [0.15, 0.2) is 4.90 Å². The van der Waals surface area contributed by atoms with Gasteiger partial charge in [0, 0.05) is 13.1 Å². The molecule has 0 saturated carbocycles. The van der Waals surface area contributed by atoms with Crippen LogP contribution >= 0.6 is 11.8 Å². The number of carbonyl (C=O) groups is 2. The zero-order valence-corrected chi connectivity index (χ0v) is 13.4. The molecular weight excluding hydrogens is 350 g/mol. The van der Waals surface area contributed by atoms with Gasteiger partial charge < -0.3 is 0 Å². The summed E-state index contributed by atoms with van der Waals surface area (Å²) in [5.41, 5.74) is 0. The Bertz CT molecular complexity index is 748. The van der Waals surface area contributed by atoms with E-state index in [9.17, 15) is 26.8 Å². The van der Waals surface area contributed by atoms with Crippen LogP contribution in [0, 0.1) is 11.6 Å². The lowest BCUT2D eigenvalue weighted by Crippen LogP contribution is -2.41. The zero-order chi connectivity index (χ0) is 16.8. The molecule has 10 heteroatoms. The first-order chi connectivity index (χ1) is 10.8. The van der Waals surface area contributed by atoms with Crippen LogP contribution in [0.3, 0.4) is 0 Å². The number of carbonyl (C=O) groups excluding carboxylic acids is 2. The van der Waals surface area contributed by atoms with Gasteiger partial charge in [0.05, 0.1) is 11.8 Å². The molecule has 2 amide bonds. The summed E-state index contributed by atoms with van der Waals surface area (Å²) in [7, 11) is -4.37. The standard InChI is InChI=1S/C13H12F2N2O4S2/c14-9-2-1-3-10(15)12(9)23(20,21)16-5-4-8(6-16)17-11(18)7-22-13(17)19/h1-3,8H,4-7H2. The average molecular weight is 362 g/mol. The smallest absolute Gasteiger partial charge is 0.273 e. The maximum absolute atomic E-state index is 13.8. The number of benzene rings is 1. The normalized spacial score (nSPS) is 23.0. The van der Waals surface area contributed by atoms with Gasteiger partial charge >= 0.3 is 0 Å². The van der Waals surface area contributed by atoms with E-state index in [4.69, 9.17) is 0 Å². The summed E-state index contributed by atoms with van der Waals surface area (Å²) in [6.45, 7) is -0.170. The van der Waals surface area contributed by atoms with Gasteiger partial charge in [-0.1, -0.05) is 17.8 Å². The van der Waals surface area contributed by atoms with Gasteiger partial charge in [-0.25, -0.2) is 17.2 Å². The molecule has 2 aliphatic heterocycles. The Kier molecular flexibility index (Phi) is 4.15. The molecule has 1 aromatic carbocycles. The number of amides is 2. The number of nitrogens with zero attached hydrogens (tertiary/aromatic N) is 2. The fourth-order valence-electron chi connectivity index (χ4n) is 2.71. The maximum atomic E-state index is 13.8. The third-order valence-electron chi connectivity index (χ3n) is 3.79. The molecule has 6 nitrogen and oxygen atoms in total. The van der Waals surface area contributed by atoms with Crippen molar-refractivity contribution >= 4 is 32.9 Å². The average Bonchev–Trinajstić information content (AvgIpc) is 3.06. The maximum Gasteiger partial charge on any atom is 0.289 e. The summed E-state index contributed by atoms with van der Waals surface area (Å²) >= 11 is 0.860. The van der Waals surface area contributed by atoms with Gasteiger partial charge in [-0.2, -0.15) is 4.31 Å². The molecule has 0 spiro atoms. The third-order valence-corrected chi connectivity index (χ3v) is 6.54. The van der Waals surface area contributed by atoms with Crippen LogP contribution in [0.25, 0.3) is 0 Å². The Morgan fingerprint density at radius 2 is 1.83 bits per heavy atom. The molecule has 2 aliphatic rings. The first kappa shape index (κ1) is 16.3. The van der Waals surface area contributed by atoms with E-state index in [-0.39, 0.29) is 31.2 Å². The molecule has 2 heterocycles. The number of halogens is 2. The number of imide groups is 1. The lowest BCUT2D eigenvalue weighted by molar-refractivity contribution is -0.126. The lowest BCUT2D eigenvalue weighted by atomic mass is 10.2. The van der Waals surface area contributed by atoms with E-state index >= 15 is 0 Å². The highest BCUT2D eigenvalue weighted by atomic mass is 32.2. The predicted molar refractivity (Wildman–Crippen MR) is 78.2 cm³/mol. The summed E-state index contributed by atoms with van der Waals surface area (Å²) in [6.07, 6.45) is 0.243. The zero-order valence-electron chi connectivity index (χ0n) is 11.7. The molecule has 2 fully saturated rings. The van der Waals surface area contributed by atoms with Crippen molar-refractivity contribution in [2.24, 2.45) is 0 Å². The number of sulfonamides is 1. The fraction of sp³-hybridized carbons (Fsp3) is 0.385. The van der Waals surface area contributed by atoms with Crippen molar-refractivity contribution in [1.29, 1.82) is 0 Å². The van der Waals surface area contributed by atoms with Crippen molar-refractivity contribution in [1.82, 2.24) is 9.21 Å². The Balaban J connectivity index is 1.86. The highest BCUT2D eigenvalue weighted by Gasteiger charge is 2.43. The van der Waals surface area contributed by atoms with E-state index in [0.29, 0.717) is 0 Å². The molecule has 2 saturated heterocycles. The Morgan fingerprint density at radius 1 is 1.17 bits per heavy atom. The van der Waals surface area contributed by atoms with Crippen LogP contribution in [0.1, 0.15) is 6.42 Å². The molecule has 0 aromatic heterocycles. The van der Waals surface area contributed by atoms with Crippen molar-refractivity contribution in [2.75, 3.05) is 18.8 Å². The Morgan fingerprint density at radius 3 is 2.39 bits per heavy atom. The van der Waals surface area contributed by atoms with Crippen molar-refractivity contribution in [3.8, 4) is 0 Å². The topological polar surface area (TPSA) is 74.8 Å². The van der Waals surface area contributed by atoms with E-state index in [1.165, 1.54) is 0 Å². The van der Waals surface area contributed by atoms with E-state index in [1.54, 1.807) is 0 Å². The van der Waals surface area contributed by atoms with Crippen LogP contribution in [0.2, 0.25) is 0 Å². The second-order valence-corrected chi connectivity index (χ2v) is 7.98. The summed E-state index contributed by atoms with van der Waals surface area (Å²) in [6, 6.07) is 2.21. The number of rotatable bonds is 3. The number of hydrogen-bond acceptors (Lipinski definition) is 5. The van der Waals surface area contributed by atoms with Gasteiger partial charge in [-0.15, -0.1) is 0 Å². The quantitative estimate of drug-likeness (QED) is 0.813. The highest BCUT2D eigenvalue weighted by Crippen LogP contribution is 2.30. The molecule has 0 aliphatic carbocycles. The molecule has 0 radical (unpaired) electrons. The number of hydrogen-bond donors (Lipinski definition) is 0. The summed E-state index contributed by atoms with van der Waals surface area (Å²) in [4.78, 5) is 23.4. The van der Waals surface area contributed by atoms with Crippen molar-refractivity contribution in [3.63, 3.8) is 0 Å². The van der Waals surface area contributed by atoms with E-state index < -0.39 is 37.8 Å². The largest absolute Gasteiger partial charge is 0.289 e. The minimum absolute atomic E-state index is 0.0114. The Labute approximate surface area is 135 Å². The van der Waals surface area contributed by atoms with Crippen LogP contribution in [0.5, 0.6) is 0 Å². The lowest BCUT2D eigenvalue weighted by Gasteiger charge is -2.22. The van der Waals surface area contributed by atoms with Crippen LogP contribution in [-0.2, 0) is 14.8 Å². The molecule has 124 valence electrons. The molecule has 0 N–H and O–H groups in total. The van der Waals surface area contributed by atoms with Gasteiger partial charge in [0.25, 0.3) is 5.24 Å².